The van der Waals surface area contributed by atoms with E-state index in [0.29, 0.717) is 12.1 Å². The first kappa shape index (κ1) is 12.7. The van der Waals surface area contributed by atoms with Crippen molar-refractivity contribution in [3.63, 3.8) is 0 Å². The summed E-state index contributed by atoms with van der Waals surface area (Å²) in [6, 6.07) is 3.64. The number of hydrogen-bond acceptors (Lipinski definition) is 3. The fourth-order valence-corrected chi connectivity index (χ4v) is 1.88. The summed E-state index contributed by atoms with van der Waals surface area (Å²) in [5.41, 5.74) is 2.66. The first-order valence-electron chi connectivity index (χ1n) is 5.45. The highest BCUT2D eigenvalue weighted by atomic mass is 79.9. The van der Waals surface area contributed by atoms with Crippen molar-refractivity contribution in [3.05, 3.63) is 58.1 Å². The fourth-order valence-electron chi connectivity index (χ4n) is 1.51. The van der Waals surface area contributed by atoms with E-state index in [-0.39, 0.29) is 5.91 Å². The van der Waals surface area contributed by atoms with Gasteiger partial charge in [0.25, 0.3) is 5.91 Å². The first-order chi connectivity index (χ1) is 8.66. The Labute approximate surface area is 114 Å². The van der Waals surface area contributed by atoms with Crippen LogP contribution < -0.4 is 5.32 Å². The fraction of sp³-hybridized carbons (Fsp3) is 0.154. The van der Waals surface area contributed by atoms with Crippen LogP contribution in [0, 0.1) is 6.92 Å². The van der Waals surface area contributed by atoms with Crippen molar-refractivity contribution >= 4 is 21.8 Å². The normalized spacial score (nSPS) is 10.1. The van der Waals surface area contributed by atoms with Crippen LogP contribution in [0.2, 0.25) is 0 Å². The number of halogens is 1. The van der Waals surface area contributed by atoms with Gasteiger partial charge in [-0.3, -0.25) is 14.8 Å². The molecule has 0 aromatic carbocycles. The second-order valence-corrected chi connectivity index (χ2v) is 4.79. The Morgan fingerprint density at radius 2 is 2.17 bits per heavy atom. The van der Waals surface area contributed by atoms with Crippen molar-refractivity contribution in [2.45, 2.75) is 13.5 Å². The second kappa shape index (κ2) is 5.73. The van der Waals surface area contributed by atoms with Gasteiger partial charge in [-0.2, -0.15) is 0 Å². The number of rotatable bonds is 3. The van der Waals surface area contributed by atoms with Gasteiger partial charge in [-0.05, 0) is 46.1 Å². The Balaban J connectivity index is 2.03. The maximum absolute atomic E-state index is 11.9. The van der Waals surface area contributed by atoms with Crippen molar-refractivity contribution < 1.29 is 4.79 Å². The zero-order valence-electron chi connectivity index (χ0n) is 9.85. The number of aryl methyl sites for hydroxylation is 1. The summed E-state index contributed by atoms with van der Waals surface area (Å²) in [6.07, 6.45) is 6.68. The first-order valence-corrected chi connectivity index (χ1v) is 6.24. The molecule has 1 N–H and O–H groups in total. The van der Waals surface area contributed by atoms with Gasteiger partial charge in [0.2, 0.25) is 0 Å². The number of nitrogens with zero attached hydrogens (tertiary/aromatic N) is 2. The van der Waals surface area contributed by atoms with Gasteiger partial charge in [0.15, 0.2) is 0 Å². The molecule has 0 aliphatic heterocycles. The van der Waals surface area contributed by atoms with E-state index < -0.39 is 0 Å². The van der Waals surface area contributed by atoms with Crippen LogP contribution in [0.4, 0.5) is 0 Å². The molecule has 92 valence electrons. The number of amides is 1. The molecule has 2 aromatic heterocycles. The number of aromatic nitrogens is 2. The zero-order valence-corrected chi connectivity index (χ0v) is 11.4. The molecule has 0 unspecified atom stereocenters. The van der Waals surface area contributed by atoms with Gasteiger partial charge < -0.3 is 5.32 Å². The standard InChI is InChI=1S/C13H12BrN3O/c1-9-5-15-3-2-10(9)7-17-13(18)11-4-12(14)8-16-6-11/h2-6,8H,7H2,1H3,(H,17,18). The highest BCUT2D eigenvalue weighted by Crippen LogP contribution is 2.10. The number of carbonyl (C=O) groups is 1. The van der Waals surface area contributed by atoms with Crippen LogP contribution in [-0.4, -0.2) is 15.9 Å². The molecule has 0 radical (unpaired) electrons. The van der Waals surface area contributed by atoms with Gasteiger partial charge in [0, 0.05) is 35.8 Å². The monoisotopic (exact) mass is 305 g/mol. The predicted molar refractivity (Wildman–Crippen MR) is 72.1 cm³/mol. The Kier molecular flexibility index (Phi) is 4.04. The lowest BCUT2D eigenvalue weighted by molar-refractivity contribution is 0.0950. The summed E-state index contributed by atoms with van der Waals surface area (Å²) < 4.78 is 0.787. The van der Waals surface area contributed by atoms with E-state index in [0.717, 1.165) is 15.6 Å². The Bertz CT molecular complexity index is 572. The lowest BCUT2D eigenvalue weighted by atomic mass is 10.1. The molecule has 2 heterocycles. The van der Waals surface area contributed by atoms with Gasteiger partial charge >= 0.3 is 0 Å². The van der Waals surface area contributed by atoms with E-state index in [1.54, 1.807) is 30.9 Å². The third kappa shape index (κ3) is 3.13. The molecule has 18 heavy (non-hydrogen) atoms. The number of hydrogen-bond donors (Lipinski definition) is 1. The molecule has 0 aliphatic rings. The molecule has 0 saturated carbocycles. The van der Waals surface area contributed by atoms with Crippen LogP contribution in [-0.2, 0) is 6.54 Å². The lowest BCUT2D eigenvalue weighted by Crippen LogP contribution is -2.23. The van der Waals surface area contributed by atoms with E-state index in [4.69, 9.17) is 0 Å². The minimum Gasteiger partial charge on any atom is -0.348 e. The van der Waals surface area contributed by atoms with Crippen LogP contribution in [0.5, 0.6) is 0 Å². The molecule has 5 heteroatoms. The molecule has 0 atom stereocenters. The highest BCUT2D eigenvalue weighted by molar-refractivity contribution is 9.10. The van der Waals surface area contributed by atoms with Crippen LogP contribution in [0.3, 0.4) is 0 Å². The van der Waals surface area contributed by atoms with Crippen molar-refractivity contribution in [1.82, 2.24) is 15.3 Å². The van der Waals surface area contributed by atoms with Crippen LogP contribution in [0.15, 0.2) is 41.4 Å². The number of carbonyl (C=O) groups excluding carboxylic acids is 1. The third-order valence-corrected chi connectivity index (χ3v) is 2.98. The van der Waals surface area contributed by atoms with E-state index in [2.05, 4.69) is 31.2 Å². The molecule has 0 bridgehead atoms. The Morgan fingerprint density at radius 3 is 2.89 bits per heavy atom. The minimum absolute atomic E-state index is 0.139. The SMILES string of the molecule is Cc1cnccc1CNC(=O)c1cncc(Br)c1. The maximum Gasteiger partial charge on any atom is 0.253 e. The molecule has 0 fully saturated rings. The second-order valence-electron chi connectivity index (χ2n) is 3.88. The molecule has 2 rings (SSSR count). The van der Waals surface area contributed by atoms with Gasteiger partial charge in [-0.15, -0.1) is 0 Å². The molecule has 0 saturated heterocycles. The summed E-state index contributed by atoms with van der Waals surface area (Å²) >= 11 is 3.29. The van der Waals surface area contributed by atoms with Crippen molar-refractivity contribution in [2.24, 2.45) is 0 Å². The quantitative estimate of drug-likeness (QED) is 0.948. The number of pyridine rings is 2. The zero-order chi connectivity index (χ0) is 13.0. The summed E-state index contributed by atoms with van der Waals surface area (Å²) in [5.74, 6) is -0.139. The van der Waals surface area contributed by atoms with Gasteiger partial charge in [-0.25, -0.2) is 0 Å². The largest absolute Gasteiger partial charge is 0.348 e. The lowest BCUT2D eigenvalue weighted by Gasteiger charge is -2.07. The summed E-state index contributed by atoms with van der Waals surface area (Å²) in [6.45, 7) is 2.45. The summed E-state index contributed by atoms with van der Waals surface area (Å²) in [4.78, 5) is 19.9. The summed E-state index contributed by atoms with van der Waals surface area (Å²) in [5, 5.41) is 2.86. The van der Waals surface area contributed by atoms with Gasteiger partial charge in [-0.1, -0.05) is 0 Å². The van der Waals surface area contributed by atoms with E-state index >= 15 is 0 Å². The number of nitrogens with one attached hydrogen (secondary N) is 1. The molecular formula is C13H12BrN3O. The molecule has 2 aromatic rings. The van der Waals surface area contributed by atoms with E-state index in [1.165, 1.54) is 0 Å². The Hall–Kier alpha value is -1.75. The van der Waals surface area contributed by atoms with Gasteiger partial charge in [0.1, 0.15) is 0 Å². The van der Waals surface area contributed by atoms with E-state index in [1.807, 2.05) is 13.0 Å². The molecule has 1 amide bonds. The van der Waals surface area contributed by atoms with Crippen molar-refractivity contribution in [2.75, 3.05) is 0 Å². The highest BCUT2D eigenvalue weighted by Gasteiger charge is 2.06. The maximum atomic E-state index is 11.9. The Morgan fingerprint density at radius 1 is 1.33 bits per heavy atom. The smallest absolute Gasteiger partial charge is 0.253 e. The average Bonchev–Trinajstić information content (AvgIpc) is 2.37. The van der Waals surface area contributed by atoms with Crippen LogP contribution >= 0.6 is 15.9 Å². The predicted octanol–water partition coefficient (Wildman–Crippen LogP) is 2.48. The van der Waals surface area contributed by atoms with Gasteiger partial charge in [0.05, 0.1) is 5.56 Å². The van der Waals surface area contributed by atoms with Crippen LogP contribution in [0.1, 0.15) is 21.5 Å². The summed E-state index contributed by atoms with van der Waals surface area (Å²) in [7, 11) is 0. The minimum atomic E-state index is -0.139. The molecule has 0 aliphatic carbocycles. The molecule has 0 spiro atoms. The average molecular weight is 306 g/mol. The molecular weight excluding hydrogens is 294 g/mol. The molecule has 4 nitrogen and oxygen atoms in total. The van der Waals surface area contributed by atoms with Crippen LogP contribution in [0.25, 0.3) is 0 Å². The topological polar surface area (TPSA) is 54.9 Å². The van der Waals surface area contributed by atoms with Crippen molar-refractivity contribution in [1.29, 1.82) is 0 Å². The third-order valence-electron chi connectivity index (χ3n) is 2.54. The van der Waals surface area contributed by atoms with E-state index in [9.17, 15) is 4.79 Å². The van der Waals surface area contributed by atoms with Crippen molar-refractivity contribution in [3.8, 4) is 0 Å².